The molecule has 1 aliphatic heterocycles. The van der Waals surface area contributed by atoms with Crippen molar-refractivity contribution in [3.8, 4) is 0 Å². The standard InChI is InChI=1S/C32H32N2O2/c1-19-23-14-15-25-24-12-6-7-13-26(24)30(34-16-8-11-22(33)18-34)27(17-21-9-4-3-5-10-21)28(25)29(23)32(36)20(2)31(19)35/h3-7,9-10,12-15,20,22,27H,8,11,16-18,33H2,1-2H3. The first-order chi connectivity index (χ1) is 17.5. The van der Waals surface area contributed by atoms with Crippen molar-refractivity contribution in [3.05, 3.63) is 104 Å². The molecule has 2 N–H and O–H groups in total. The molecule has 1 fully saturated rings. The summed E-state index contributed by atoms with van der Waals surface area (Å²) in [6.45, 7) is 5.40. The van der Waals surface area contributed by atoms with Crippen molar-refractivity contribution in [1.82, 2.24) is 4.90 Å². The third-order valence-corrected chi connectivity index (χ3v) is 8.30. The third-order valence-electron chi connectivity index (χ3n) is 8.30. The van der Waals surface area contributed by atoms with Gasteiger partial charge in [0.15, 0.2) is 11.6 Å². The first kappa shape index (κ1) is 22.9. The molecule has 4 nitrogen and oxygen atoms in total. The number of benzene rings is 3. The van der Waals surface area contributed by atoms with E-state index in [1.54, 1.807) is 6.92 Å². The van der Waals surface area contributed by atoms with Crippen molar-refractivity contribution in [3.63, 3.8) is 0 Å². The molecule has 3 unspecified atom stereocenters. The number of hydrogen-bond acceptors (Lipinski definition) is 4. The second kappa shape index (κ2) is 8.86. The Morgan fingerprint density at radius 3 is 2.31 bits per heavy atom. The van der Waals surface area contributed by atoms with Crippen LogP contribution in [0.3, 0.4) is 0 Å². The number of Topliss-reactive ketones (excluding diaryl/α,β-unsaturated/α-hetero) is 2. The minimum absolute atomic E-state index is 0.00491. The largest absolute Gasteiger partial charge is 0.372 e. The Morgan fingerprint density at radius 2 is 1.56 bits per heavy atom. The number of fused-ring (bicyclic) bond motifs is 4. The van der Waals surface area contributed by atoms with Crippen molar-refractivity contribution >= 4 is 22.8 Å². The number of piperidine rings is 1. The Balaban J connectivity index is 1.74. The summed E-state index contributed by atoms with van der Waals surface area (Å²) < 4.78 is 0. The molecule has 0 saturated carbocycles. The monoisotopic (exact) mass is 476 g/mol. The van der Waals surface area contributed by atoms with Crippen molar-refractivity contribution < 1.29 is 9.59 Å². The van der Waals surface area contributed by atoms with Crippen LogP contribution in [0.1, 0.15) is 54.1 Å². The van der Waals surface area contributed by atoms with Crippen LogP contribution in [0.25, 0.3) is 11.3 Å². The Labute approximate surface area is 211 Å². The Morgan fingerprint density at radius 1 is 0.861 bits per heavy atom. The molecule has 0 amide bonds. The lowest BCUT2D eigenvalue weighted by Crippen LogP contribution is -2.46. The van der Waals surface area contributed by atoms with Gasteiger partial charge in [0.1, 0.15) is 0 Å². The zero-order valence-electron chi connectivity index (χ0n) is 21.0. The fourth-order valence-electron chi connectivity index (χ4n) is 6.52. The molecule has 3 aromatic rings. The van der Waals surface area contributed by atoms with Crippen LogP contribution in [0.15, 0.2) is 66.7 Å². The molecular weight excluding hydrogens is 444 g/mol. The lowest BCUT2D eigenvalue weighted by Gasteiger charge is -2.40. The minimum Gasteiger partial charge on any atom is -0.372 e. The van der Waals surface area contributed by atoms with E-state index in [1.165, 1.54) is 16.5 Å². The van der Waals surface area contributed by atoms with E-state index >= 15 is 0 Å². The van der Waals surface area contributed by atoms with Crippen LogP contribution in [0.5, 0.6) is 0 Å². The van der Waals surface area contributed by atoms with Gasteiger partial charge in [-0.15, -0.1) is 0 Å². The van der Waals surface area contributed by atoms with E-state index in [0.717, 1.165) is 59.1 Å². The maximum atomic E-state index is 13.8. The summed E-state index contributed by atoms with van der Waals surface area (Å²) in [6, 6.07) is 23.4. The highest BCUT2D eigenvalue weighted by atomic mass is 16.2. The van der Waals surface area contributed by atoms with Crippen LogP contribution in [-0.4, -0.2) is 35.6 Å². The molecule has 6 rings (SSSR count). The zero-order chi connectivity index (χ0) is 25.0. The van der Waals surface area contributed by atoms with E-state index in [-0.39, 0.29) is 23.5 Å². The number of carbonyl (C=O) groups excluding carboxylic acids is 2. The van der Waals surface area contributed by atoms with Crippen molar-refractivity contribution in [1.29, 1.82) is 0 Å². The van der Waals surface area contributed by atoms with Gasteiger partial charge in [-0.3, -0.25) is 9.59 Å². The highest BCUT2D eigenvalue weighted by Crippen LogP contribution is 2.38. The van der Waals surface area contributed by atoms with E-state index in [1.807, 2.05) is 19.1 Å². The normalized spacial score (nSPS) is 23.3. The third kappa shape index (κ3) is 3.55. The number of ketones is 2. The van der Waals surface area contributed by atoms with E-state index in [4.69, 9.17) is 5.73 Å². The summed E-state index contributed by atoms with van der Waals surface area (Å²) in [6.07, 6.45) is 2.88. The van der Waals surface area contributed by atoms with Crippen LogP contribution in [0, 0.1) is 16.4 Å². The quantitative estimate of drug-likeness (QED) is 0.589. The van der Waals surface area contributed by atoms with Gasteiger partial charge in [-0.2, -0.15) is 0 Å². The Kier molecular flexibility index (Phi) is 5.65. The Bertz CT molecular complexity index is 1610. The SMILES string of the molecule is CC1=c2ccc3c(c2C(=O)C(C)C1=O)C(Cc1ccccc1)C(N1CCCC(N)C1)=c1ccccc1=3. The summed E-state index contributed by atoms with van der Waals surface area (Å²) in [7, 11) is 0. The smallest absolute Gasteiger partial charge is 0.174 e. The molecule has 4 heteroatoms. The average molecular weight is 477 g/mol. The second-order valence-electron chi connectivity index (χ2n) is 10.5. The molecule has 0 spiro atoms. The number of nitrogens with two attached hydrogens (primary N) is 1. The van der Waals surface area contributed by atoms with Crippen LogP contribution >= 0.6 is 0 Å². The summed E-state index contributed by atoms with van der Waals surface area (Å²) in [5.74, 6) is -0.765. The first-order valence-electron chi connectivity index (χ1n) is 13.1. The number of nitrogens with zero attached hydrogens (tertiary/aromatic N) is 1. The number of hydrogen-bond donors (Lipinski definition) is 1. The molecule has 36 heavy (non-hydrogen) atoms. The number of rotatable bonds is 3. The molecule has 1 saturated heterocycles. The van der Waals surface area contributed by atoms with Gasteiger partial charge in [0.05, 0.1) is 5.92 Å². The zero-order valence-corrected chi connectivity index (χ0v) is 21.0. The molecule has 2 aliphatic carbocycles. The molecule has 3 aromatic carbocycles. The second-order valence-corrected chi connectivity index (χ2v) is 10.5. The summed E-state index contributed by atoms with van der Waals surface area (Å²) in [5.41, 5.74) is 11.5. The van der Waals surface area contributed by atoms with Gasteiger partial charge in [-0.1, -0.05) is 66.7 Å². The van der Waals surface area contributed by atoms with Gasteiger partial charge >= 0.3 is 0 Å². The highest BCUT2D eigenvalue weighted by Gasteiger charge is 2.37. The average Bonchev–Trinajstić information content (AvgIpc) is 2.90. The fourth-order valence-corrected chi connectivity index (χ4v) is 6.52. The van der Waals surface area contributed by atoms with Gasteiger partial charge in [0.2, 0.25) is 0 Å². The van der Waals surface area contributed by atoms with Gasteiger partial charge in [0.25, 0.3) is 0 Å². The maximum absolute atomic E-state index is 13.8. The highest BCUT2D eigenvalue weighted by molar-refractivity contribution is 6.28. The molecule has 3 aliphatic rings. The van der Waals surface area contributed by atoms with Crippen molar-refractivity contribution in [2.45, 2.75) is 45.1 Å². The van der Waals surface area contributed by atoms with Gasteiger partial charge in [-0.05, 0) is 59.9 Å². The van der Waals surface area contributed by atoms with Gasteiger partial charge in [-0.25, -0.2) is 0 Å². The minimum atomic E-state index is -0.648. The lowest BCUT2D eigenvalue weighted by atomic mass is 9.74. The number of carbonyl (C=O) groups is 2. The first-order valence-corrected chi connectivity index (χ1v) is 13.1. The summed E-state index contributed by atoms with van der Waals surface area (Å²) in [5, 5.41) is 4.30. The molecule has 1 heterocycles. The van der Waals surface area contributed by atoms with Crippen LogP contribution in [0.4, 0.5) is 0 Å². The fraction of sp³-hybridized carbons (Fsp3) is 0.312. The van der Waals surface area contributed by atoms with Crippen LogP contribution in [0.2, 0.25) is 0 Å². The van der Waals surface area contributed by atoms with Crippen LogP contribution < -0.4 is 16.2 Å². The van der Waals surface area contributed by atoms with E-state index < -0.39 is 5.92 Å². The molecule has 0 radical (unpaired) electrons. The van der Waals surface area contributed by atoms with Crippen LogP contribution in [-0.2, 0) is 11.2 Å². The molecular formula is C32H32N2O2. The van der Waals surface area contributed by atoms with Crippen molar-refractivity contribution in [2.24, 2.45) is 11.7 Å². The van der Waals surface area contributed by atoms with Crippen molar-refractivity contribution in [2.75, 3.05) is 13.1 Å². The molecule has 182 valence electrons. The van der Waals surface area contributed by atoms with E-state index in [0.29, 0.717) is 5.57 Å². The van der Waals surface area contributed by atoms with E-state index in [2.05, 4.69) is 59.5 Å². The topological polar surface area (TPSA) is 63.4 Å². The summed E-state index contributed by atoms with van der Waals surface area (Å²) >= 11 is 0. The Hall–Kier alpha value is -3.50. The maximum Gasteiger partial charge on any atom is 0.174 e. The van der Waals surface area contributed by atoms with E-state index in [9.17, 15) is 9.59 Å². The number of likely N-dealkylation sites (tertiary alicyclic amines) is 1. The predicted molar refractivity (Wildman–Crippen MR) is 142 cm³/mol. The molecule has 0 bridgehead atoms. The van der Waals surface area contributed by atoms with Gasteiger partial charge in [0, 0.05) is 47.1 Å². The summed E-state index contributed by atoms with van der Waals surface area (Å²) in [4.78, 5) is 29.2. The lowest BCUT2D eigenvalue weighted by molar-refractivity contribution is -0.115. The van der Waals surface area contributed by atoms with Gasteiger partial charge < -0.3 is 10.6 Å². The molecule has 0 aromatic heterocycles. The molecule has 3 atom stereocenters. The predicted octanol–water partition coefficient (Wildman–Crippen LogP) is 3.42.